The normalized spacial score (nSPS) is 11.4. The molecule has 0 radical (unpaired) electrons. The molecule has 1 atom stereocenters. The number of anilines is 1. The molecule has 6 heteroatoms. The number of hydrogen-bond donors (Lipinski definition) is 3. The van der Waals surface area contributed by atoms with E-state index in [0.29, 0.717) is 18.7 Å². The number of carbonyl (C=O) groups is 2. The number of urea groups is 1. The molecule has 2 rings (SSSR count). The maximum absolute atomic E-state index is 12.2. The van der Waals surface area contributed by atoms with Gasteiger partial charge in [-0.05, 0) is 48.7 Å². The van der Waals surface area contributed by atoms with E-state index in [0.717, 1.165) is 17.5 Å². The molecular formula is C19H24N4O2. The first-order valence-electron chi connectivity index (χ1n) is 8.45. The van der Waals surface area contributed by atoms with E-state index in [4.69, 9.17) is 0 Å². The molecule has 6 nitrogen and oxygen atoms in total. The van der Waals surface area contributed by atoms with Gasteiger partial charge in [0.2, 0.25) is 5.91 Å². The largest absolute Gasteiger partial charge is 0.356 e. The Balaban J connectivity index is 1.90. The number of pyridine rings is 1. The molecule has 0 aliphatic carbocycles. The summed E-state index contributed by atoms with van der Waals surface area (Å²) in [7, 11) is 0. The molecule has 0 spiro atoms. The summed E-state index contributed by atoms with van der Waals surface area (Å²) in [6, 6.07) is 10.7. The van der Waals surface area contributed by atoms with Gasteiger partial charge in [0, 0.05) is 24.6 Å². The Morgan fingerprint density at radius 2 is 1.72 bits per heavy atom. The van der Waals surface area contributed by atoms with Gasteiger partial charge in [-0.15, -0.1) is 0 Å². The second-order valence-electron chi connectivity index (χ2n) is 5.67. The SMILES string of the molecule is CCNC(=O)Cc1ccc(NC(=O)N[C@@H](CC)c2ccncc2)cc1. The quantitative estimate of drug-likeness (QED) is 0.724. The Labute approximate surface area is 148 Å². The zero-order valence-corrected chi connectivity index (χ0v) is 14.6. The van der Waals surface area contributed by atoms with Crippen LogP contribution in [0.15, 0.2) is 48.8 Å². The lowest BCUT2D eigenvalue weighted by Crippen LogP contribution is -2.32. The Kier molecular flexibility index (Phi) is 6.95. The Hall–Kier alpha value is -2.89. The van der Waals surface area contributed by atoms with E-state index in [9.17, 15) is 9.59 Å². The topological polar surface area (TPSA) is 83.1 Å². The average Bonchev–Trinajstić information content (AvgIpc) is 2.62. The number of benzene rings is 1. The zero-order chi connectivity index (χ0) is 18.1. The van der Waals surface area contributed by atoms with E-state index in [1.54, 1.807) is 24.5 Å². The van der Waals surface area contributed by atoms with E-state index in [1.165, 1.54) is 0 Å². The highest BCUT2D eigenvalue weighted by Crippen LogP contribution is 2.16. The predicted octanol–water partition coefficient (Wildman–Crippen LogP) is 3.03. The third-order valence-corrected chi connectivity index (χ3v) is 3.77. The summed E-state index contributed by atoms with van der Waals surface area (Å²) in [4.78, 5) is 27.8. The minimum absolute atomic E-state index is 0.0101. The van der Waals surface area contributed by atoms with Crippen LogP contribution in [0.4, 0.5) is 10.5 Å². The van der Waals surface area contributed by atoms with Gasteiger partial charge in [-0.2, -0.15) is 0 Å². The first-order valence-corrected chi connectivity index (χ1v) is 8.45. The highest BCUT2D eigenvalue weighted by molar-refractivity contribution is 5.89. The van der Waals surface area contributed by atoms with Gasteiger partial charge in [0.1, 0.15) is 0 Å². The number of nitrogens with one attached hydrogen (secondary N) is 3. The summed E-state index contributed by atoms with van der Waals surface area (Å²) >= 11 is 0. The molecule has 3 amide bonds. The van der Waals surface area contributed by atoms with Gasteiger partial charge in [-0.25, -0.2) is 4.79 Å². The minimum atomic E-state index is -0.264. The Bertz CT molecular complexity index is 686. The molecule has 0 saturated heterocycles. The van der Waals surface area contributed by atoms with Crippen LogP contribution in [0.3, 0.4) is 0 Å². The van der Waals surface area contributed by atoms with Crippen molar-refractivity contribution in [1.29, 1.82) is 0 Å². The van der Waals surface area contributed by atoms with Gasteiger partial charge in [-0.1, -0.05) is 19.1 Å². The van der Waals surface area contributed by atoms with Crippen molar-refractivity contribution < 1.29 is 9.59 Å². The molecule has 3 N–H and O–H groups in total. The smallest absolute Gasteiger partial charge is 0.319 e. The molecule has 1 aromatic carbocycles. The second-order valence-corrected chi connectivity index (χ2v) is 5.67. The van der Waals surface area contributed by atoms with Gasteiger partial charge in [0.25, 0.3) is 0 Å². The number of likely N-dealkylation sites (N-methyl/N-ethyl adjacent to an activating group) is 1. The first kappa shape index (κ1) is 18.4. The van der Waals surface area contributed by atoms with Crippen LogP contribution < -0.4 is 16.0 Å². The third-order valence-electron chi connectivity index (χ3n) is 3.77. The standard InChI is InChI=1S/C19H24N4O2/c1-3-17(15-9-11-20-12-10-15)23-19(25)22-16-7-5-14(6-8-16)13-18(24)21-4-2/h5-12,17H,3-4,13H2,1-2H3,(H,21,24)(H2,22,23,25)/t17-/m0/s1. The van der Waals surface area contributed by atoms with Crippen LogP contribution in [-0.2, 0) is 11.2 Å². The van der Waals surface area contributed by atoms with Crippen molar-refractivity contribution in [2.75, 3.05) is 11.9 Å². The minimum Gasteiger partial charge on any atom is -0.356 e. The fourth-order valence-electron chi connectivity index (χ4n) is 2.49. The lowest BCUT2D eigenvalue weighted by molar-refractivity contribution is -0.120. The van der Waals surface area contributed by atoms with Crippen molar-refractivity contribution in [3.8, 4) is 0 Å². The molecular weight excluding hydrogens is 316 g/mol. The zero-order valence-electron chi connectivity index (χ0n) is 14.6. The van der Waals surface area contributed by atoms with Crippen molar-refractivity contribution >= 4 is 17.6 Å². The van der Waals surface area contributed by atoms with Gasteiger partial charge in [-0.3, -0.25) is 9.78 Å². The number of aromatic nitrogens is 1. The summed E-state index contributed by atoms with van der Waals surface area (Å²) in [5, 5.41) is 8.53. The summed E-state index contributed by atoms with van der Waals surface area (Å²) < 4.78 is 0. The van der Waals surface area contributed by atoms with Crippen molar-refractivity contribution in [3.05, 3.63) is 59.9 Å². The number of hydrogen-bond acceptors (Lipinski definition) is 3. The summed E-state index contributed by atoms with van der Waals surface area (Å²) in [6.45, 7) is 4.52. The Morgan fingerprint density at radius 1 is 1.04 bits per heavy atom. The van der Waals surface area contributed by atoms with Crippen LogP contribution in [0.2, 0.25) is 0 Å². The average molecular weight is 340 g/mol. The van der Waals surface area contributed by atoms with Crippen LogP contribution in [0.1, 0.15) is 37.4 Å². The highest BCUT2D eigenvalue weighted by Gasteiger charge is 2.12. The number of amides is 3. The number of nitrogens with zero attached hydrogens (tertiary/aromatic N) is 1. The van der Waals surface area contributed by atoms with Gasteiger partial charge >= 0.3 is 6.03 Å². The molecule has 0 aliphatic rings. The van der Waals surface area contributed by atoms with Gasteiger partial charge in [0.15, 0.2) is 0 Å². The van der Waals surface area contributed by atoms with Crippen LogP contribution in [0.5, 0.6) is 0 Å². The molecule has 132 valence electrons. The van der Waals surface area contributed by atoms with Crippen LogP contribution >= 0.6 is 0 Å². The molecule has 25 heavy (non-hydrogen) atoms. The van der Waals surface area contributed by atoms with Crippen molar-refractivity contribution in [1.82, 2.24) is 15.6 Å². The van der Waals surface area contributed by atoms with Gasteiger partial charge in [0.05, 0.1) is 12.5 Å². The molecule has 1 heterocycles. The molecule has 0 bridgehead atoms. The van der Waals surface area contributed by atoms with Crippen LogP contribution in [0, 0.1) is 0 Å². The van der Waals surface area contributed by atoms with Crippen LogP contribution in [-0.4, -0.2) is 23.5 Å². The lowest BCUT2D eigenvalue weighted by Gasteiger charge is -2.17. The summed E-state index contributed by atoms with van der Waals surface area (Å²) in [6.07, 6.45) is 4.54. The second kappa shape index (κ2) is 9.42. The van der Waals surface area contributed by atoms with Gasteiger partial charge < -0.3 is 16.0 Å². The molecule has 0 unspecified atom stereocenters. The van der Waals surface area contributed by atoms with E-state index < -0.39 is 0 Å². The lowest BCUT2D eigenvalue weighted by atomic mass is 10.1. The van der Waals surface area contributed by atoms with Crippen molar-refractivity contribution in [2.45, 2.75) is 32.7 Å². The van der Waals surface area contributed by atoms with E-state index in [2.05, 4.69) is 20.9 Å². The molecule has 0 saturated carbocycles. The van der Waals surface area contributed by atoms with Crippen LogP contribution in [0.25, 0.3) is 0 Å². The fourth-order valence-corrected chi connectivity index (χ4v) is 2.49. The van der Waals surface area contributed by atoms with E-state index >= 15 is 0 Å². The fraction of sp³-hybridized carbons (Fsp3) is 0.316. The molecule has 1 aromatic heterocycles. The monoisotopic (exact) mass is 340 g/mol. The molecule has 2 aromatic rings. The van der Waals surface area contributed by atoms with Crippen molar-refractivity contribution in [3.63, 3.8) is 0 Å². The molecule has 0 aliphatic heterocycles. The van der Waals surface area contributed by atoms with E-state index in [-0.39, 0.29) is 18.0 Å². The summed E-state index contributed by atoms with van der Waals surface area (Å²) in [5.41, 5.74) is 2.60. The Morgan fingerprint density at radius 3 is 2.32 bits per heavy atom. The first-order chi connectivity index (χ1) is 12.1. The molecule has 0 fully saturated rings. The van der Waals surface area contributed by atoms with E-state index in [1.807, 2.05) is 38.1 Å². The maximum atomic E-state index is 12.2. The number of carbonyl (C=O) groups excluding carboxylic acids is 2. The highest BCUT2D eigenvalue weighted by atomic mass is 16.2. The summed E-state index contributed by atoms with van der Waals surface area (Å²) in [5.74, 6) is -0.0101. The predicted molar refractivity (Wildman–Crippen MR) is 98.3 cm³/mol. The number of rotatable bonds is 7. The van der Waals surface area contributed by atoms with Crippen molar-refractivity contribution in [2.24, 2.45) is 0 Å². The third kappa shape index (κ3) is 5.91. The maximum Gasteiger partial charge on any atom is 0.319 e.